The van der Waals surface area contributed by atoms with Crippen molar-refractivity contribution in [1.82, 2.24) is 5.32 Å². The molecular weight excluding hydrogens is 258 g/mol. The second-order valence-electron chi connectivity index (χ2n) is 4.99. The highest BCUT2D eigenvalue weighted by molar-refractivity contribution is 5.96. The van der Waals surface area contributed by atoms with Crippen molar-refractivity contribution in [3.8, 4) is 0 Å². The molecule has 20 heavy (non-hydrogen) atoms. The van der Waals surface area contributed by atoms with Crippen molar-refractivity contribution in [3.05, 3.63) is 23.8 Å². The third kappa shape index (κ3) is 5.45. The molecule has 0 aromatic heterocycles. The standard InChI is InChI=1S/C15H25NO4/c1-11(2)16-15(17)12-6-7-13(19-4)14(10-12)20-9-5-8-18-3/h6-7,10-11,13-14H,5,8-9H2,1-4H3,(H,16,17). The van der Waals surface area contributed by atoms with Gasteiger partial charge in [-0.05, 0) is 26.3 Å². The smallest absolute Gasteiger partial charge is 0.251 e. The predicted molar refractivity (Wildman–Crippen MR) is 77.5 cm³/mol. The van der Waals surface area contributed by atoms with Gasteiger partial charge in [0.05, 0.1) is 0 Å². The Bertz CT molecular complexity index is 363. The zero-order chi connectivity index (χ0) is 15.0. The average Bonchev–Trinajstić information content (AvgIpc) is 2.42. The molecule has 0 spiro atoms. The predicted octanol–water partition coefficient (Wildman–Crippen LogP) is 1.44. The summed E-state index contributed by atoms with van der Waals surface area (Å²) in [6.07, 6.45) is 5.87. The highest BCUT2D eigenvalue weighted by Crippen LogP contribution is 2.17. The van der Waals surface area contributed by atoms with Crippen molar-refractivity contribution in [3.63, 3.8) is 0 Å². The van der Waals surface area contributed by atoms with Crippen LogP contribution in [0.3, 0.4) is 0 Å². The number of carbonyl (C=O) groups is 1. The van der Waals surface area contributed by atoms with Gasteiger partial charge in [0.25, 0.3) is 5.91 Å². The minimum Gasteiger partial charge on any atom is -0.385 e. The van der Waals surface area contributed by atoms with E-state index in [0.29, 0.717) is 18.8 Å². The number of hydrogen-bond donors (Lipinski definition) is 1. The van der Waals surface area contributed by atoms with Gasteiger partial charge in [0.2, 0.25) is 0 Å². The van der Waals surface area contributed by atoms with E-state index in [9.17, 15) is 4.79 Å². The summed E-state index contributed by atoms with van der Waals surface area (Å²) in [5, 5.41) is 2.87. The Morgan fingerprint density at radius 3 is 2.65 bits per heavy atom. The van der Waals surface area contributed by atoms with Crippen LogP contribution in [0.4, 0.5) is 0 Å². The topological polar surface area (TPSA) is 56.8 Å². The van der Waals surface area contributed by atoms with Crippen LogP contribution >= 0.6 is 0 Å². The van der Waals surface area contributed by atoms with E-state index in [1.165, 1.54) is 0 Å². The van der Waals surface area contributed by atoms with Gasteiger partial charge in [0, 0.05) is 39.0 Å². The summed E-state index contributed by atoms with van der Waals surface area (Å²) >= 11 is 0. The van der Waals surface area contributed by atoms with Gasteiger partial charge in [-0.3, -0.25) is 4.79 Å². The zero-order valence-corrected chi connectivity index (χ0v) is 12.7. The molecule has 2 atom stereocenters. The Balaban J connectivity index is 2.61. The summed E-state index contributed by atoms with van der Waals surface area (Å²) in [6.45, 7) is 5.09. The minimum atomic E-state index is -0.241. The first-order valence-corrected chi connectivity index (χ1v) is 6.92. The number of amides is 1. The van der Waals surface area contributed by atoms with Gasteiger partial charge in [0.15, 0.2) is 0 Å². The van der Waals surface area contributed by atoms with Crippen LogP contribution in [0.1, 0.15) is 20.3 Å². The van der Waals surface area contributed by atoms with Gasteiger partial charge in [-0.1, -0.05) is 12.2 Å². The van der Waals surface area contributed by atoms with E-state index in [-0.39, 0.29) is 24.2 Å². The molecular formula is C15H25NO4. The molecule has 0 aliphatic heterocycles. The van der Waals surface area contributed by atoms with Crippen molar-refractivity contribution in [2.45, 2.75) is 38.5 Å². The Hall–Kier alpha value is -1.17. The molecule has 0 radical (unpaired) electrons. The molecule has 2 unspecified atom stereocenters. The van der Waals surface area contributed by atoms with Crippen LogP contribution < -0.4 is 5.32 Å². The fourth-order valence-electron chi connectivity index (χ4n) is 1.91. The molecule has 0 saturated heterocycles. The summed E-state index contributed by atoms with van der Waals surface area (Å²) in [5.74, 6) is -0.0868. The van der Waals surface area contributed by atoms with Gasteiger partial charge in [-0.25, -0.2) is 0 Å². The van der Waals surface area contributed by atoms with Crippen molar-refractivity contribution in [1.29, 1.82) is 0 Å². The van der Waals surface area contributed by atoms with E-state index in [2.05, 4.69) is 5.32 Å². The lowest BCUT2D eigenvalue weighted by atomic mass is 10.0. The number of carbonyl (C=O) groups excluding carboxylic acids is 1. The number of methoxy groups -OCH3 is 2. The molecule has 1 N–H and O–H groups in total. The first-order valence-electron chi connectivity index (χ1n) is 6.92. The van der Waals surface area contributed by atoms with Crippen molar-refractivity contribution in [2.75, 3.05) is 27.4 Å². The van der Waals surface area contributed by atoms with Gasteiger partial charge >= 0.3 is 0 Å². The zero-order valence-electron chi connectivity index (χ0n) is 12.7. The Kier molecular flexibility index (Phi) is 7.51. The first-order chi connectivity index (χ1) is 9.58. The van der Waals surface area contributed by atoms with E-state index in [1.807, 2.05) is 26.0 Å². The average molecular weight is 283 g/mol. The van der Waals surface area contributed by atoms with Gasteiger partial charge in [0.1, 0.15) is 12.2 Å². The molecule has 0 bridgehead atoms. The molecule has 1 amide bonds. The number of nitrogens with one attached hydrogen (secondary N) is 1. The van der Waals surface area contributed by atoms with Crippen LogP contribution in [-0.4, -0.2) is 51.6 Å². The Morgan fingerprint density at radius 1 is 1.30 bits per heavy atom. The Labute approximate surface area is 121 Å². The number of hydrogen-bond acceptors (Lipinski definition) is 4. The van der Waals surface area contributed by atoms with Crippen LogP contribution in [0, 0.1) is 0 Å². The van der Waals surface area contributed by atoms with Crippen molar-refractivity contribution < 1.29 is 19.0 Å². The quantitative estimate of drug-likeness (QED) is 0.685. The molecule has 0 saturated carbocycles. The van der Waals surface area contributed by atoms with Gasteiger partial charge in [-0.2, -0.15) is 0 Å². The molecule has 5 heteroatoms. The minimum absolute atomic E-state index is 0.0868. The van der Waals surface area contributed by atoms with Crippen molar-refractivity contribution in [2.24, 2.45) is 0 Å². The number of rotatable bonds is 8. The van der Waals surface area contributed by atoms with Gasteiger partial charge in [-0.15, -0.1) is 0 Å². The lowest BCUT2D eigenvalue weighted by Gasteiger charge is -2.25. The van der Waals surface area contributed by atoms with E-state index in [4.69, 9.17) is 14.2 Å². The monoisotopic (exact) mass is 283 g/mol. The van der Waals surface area contributed by atoms with Crippen molar-refractivity contribution >= 4 is 5.91 Å². The maximum Gasteiger partial charge on any atom is 0.251 e. The summed E-state index contributed by atoms with van der Waals surface area (Å²) in [6, 6.07) is 0.109. The Morgan fingerprint density at radius 2 is 2.05 bits per heavy atom. The fraction of sp³-hybridized carbons (Fsp3) is 0.667. The second-order valence-corrected chi connectivity index (χ2v) is 4.99. The van der Waals surface area contributed by atoms with E-state index in [1.54, 1.807) is 20.3 Å². The fourth-order valence-corrected chi connectivity index (χ4v) is 1.91. The largest absolute Gasteiger partial charge is 0.385 e. The third-order valence-electron chi connectivity index (χ3n) is 2.89. The van der Waals surface area contributed by atoms with E-state index >= 15 is 0 Å². The molecule has 0 aromatic carbocycles. The third-order valence-corrected chi connectivity index (χ3v) is 2.89. The normalized spacial score (nSPS) is 21.9. The summed E-state index contributed by atoms with van der Waals surface area (Å²) in [4.78, 5) is 12.0. The van der Waals surface area contributed by atoms with Gasteiger partial charge < -0.3 is 19.5 Å². The van der Waals surface area contributed by atoms with E-state index < -0.39 is 0 Å². The molecule has 1 rings (SSSR count). The second kappa shape index (κ2) is 8.89. The van der Waals surface area contributed by atoms with Crippen LogP contribution in [0.15, 0.2) is 23.8 Å². The lowest BCUT2D eigenvalue weighted by Crippen LogP contribution is -2.35. The highest BCUT2D eigenvalue weighted by Gasteiger charge is 2.23. The number of ether oxygens (including phenoxy) is 3. The maximum atomic E-state index is 12.0. The maximum absolute atomic E-state index is 12.0. The van der Waals surface area contributed by atoms with Crippen LogP contribution in [-0.2, 0) is 19.0 Å². The molecule has 0 heterocycles. The summed E-state index contributed by atoms with van der Waals surface area (Å²) in [5.41, 5.74) is 0.615. The van der Waals surface area contributed by atoms with E-state index in [0.717, 1.165) is 6.42 Å². The van der Waals surface area contributed by atoms with Crippen LogP contribution in [0.25, 0.3) is 0 Å². The molecule has 0 fully saturated rings. The highest BCUT2D eigenvalue weighted by atomic mass is 16.5. The summed E-state index contributed by atoms with van der Waals surface area (Å²) in [7, 11) is 3.29. The molecule has 1 aliphatic carbocycles. The molecule has 5 nitrogen and oxygen atoms in total. The summed E-state index contributed by atoms with van der Waals surface area (Å²) < 4.78 is 16.1. The first kappa shape index (κ1) is 16.9. The molecule has 0 aromatic rings. The van der Waals surface area contributed by atoms with Crippen LogP contribution in [0.2, 0.25) is 0 Å². The molecule has 1 aliphatic rings. The lowest BCUT2D eigenvalue weighted by molar-refractivity contribution is -0.117. The molecule has 114 valence electrons. The SMILES string of the molecule is COCCCOC1C=C(C(=O)NC(C)C)C=CC1OC. The van der Waals surface area contributed by atoms with Crippen LogP contribution in [0.5, 0.6) is 0 Å².